The number of nitrogens with zero attached hydrogens (tertiary/aromatic N) is 1. The molecule has 1 heterocycles. The minimum absolute atomic E-state index is 0.110. The van der Waals surface area contributed by atoms with Crippen molar-refractivity contribution in [1.29, 1.82) is 0 Å². The maximum Gasteiger partial charge on any atom is 0.227 e. The third-order valence-corrected chi connectivity index (χ3v) is 5.06. The molecule has 1 unspecified atom stereocenters. The summed E-state index contributed by atoms with van der Waals surface area (Å²) in [6.45, 7) is 0.787. The van der Waals surface area contributed by atoms with E-state index in [-0.39, 0.29) is 18.2 Å². The van der Waals surface area contributed by atoms with E-state index in [0.29, 0.717) is 36.7 Å². The van der Waals surface area contributed by atoms with Gasteiger partial charge in [-0.3, -0.25) is 9.59 Å². The molecule has 3 rings (SSSR count). The Morgan fingerprint density at radius 2 is 1.83 bits per heavy atom. The lowest BCUT2D eigenvalue weighted by molar-refractivity contribution is -0.126. The minimum Gasteiger partial charge on any atom is -0.497 e. The van der Waals surface area contributed by atoms with Crippen LogP contribution >= 0.6 is 0 Å². The molecule has 2 aromatic rings. The van der Waals surface area contributed by atoms with E-state index in [0.717, 1.165) is 11.3 Å². The third-order valence-electron chi connectivity index (χ3n) is 5.06. The van der Waals surface area contributed by atoms with Crippen molar-refractivity contribution in [2.75, 3.05) is 39.3 Å². The molecule has 0 saturated carbocycles. The minimum atomic E-state index is -0.406. The quantitative estimate of drug-likeness (QED) is 0.739. The normalized spacial score (nSPS) is 15.9. The first kappa shape index (κ1) is 20.5. The third kappa shape index (κ3) is 4.62. The second kappa shape index (κ2) is 9.32. The molecule has 0 radical (unpaired) electrons. The monoisotopic (exact) mass is 398 g/mol. The fourth-order valence-electron chi connectivity index (χ4n) is 3.50. The highest BCUT2D eigenvalue weighted by Crippen LogP contribution is 2.36. The summed E-state index contributed by atoms with van der Waals surface area (Å²) in [7, 11) is 4.74. The number of carbonyl (C=O) groups is 2. The number of hydrogen-bond acceptors (Lipinski definition) is 5. The molecular weight excluding hydrogens is 372 g/mol. The van der Waals surface area contributed by atoms with E-state index in [1.807, 2.05) is 24.3 Å². The average Bonchev–Trinajstić information content (AvgIpc) is 3.15. The molecule has 1 atom stereocenters. The number of rotatable bonds is 8. The second-order valence-corrected chi connectivity index (χ2v) is 6.80. The fraction of sp³-hybridized carbons (Fsp3) is 0.364. The van der Waals surface area contributed by atoms with Crippen LogP contribution in [0.4, 0.5) is 5.69 Å². The summed E-state index contributed by atoms with van der Waals surface area (Å²) in [5.74, 6) is 1.35. The summed E-state index contributed by atoms with van der Waals surface area (Å²) in [6, 6.07) is 13.0. The van der Waals surface area contributed by atoms with E-state index in [4.69, 9.17) is 14.2 Å². The van der Waals surface area contributed by atoms with E-state index in [1.54, 1.807) is 44.4 Å². The zero-order valence-corrected chi connectivity index (χ0v) is 16.9. The van der Waals surface area contributed by atoms with Crippen molar-refractivity contribution in [2.45, 2.75) is 12.8 Å². The van der Waals surface area contributed by atoms with Gasteiger partial charge in [0.1, 0.15) is 17.2 Å². The summed E-state index contributed by atoms with van der Waals surface area (Å²) < 4.78 is 16.0. The molecule has 1 saturated heterocycles. The average molecular weight is 398 g/mol. The first-order chi connectivity index (χ1) is 14.1. The van der Waals surface area contributed by atoms with E-state index >= 15 is 0 Å². The van der Waals surface area contributed by atoms with Crippen molar-refractivity contribution in [3.05, 3.63) is 48.0 Å². The molecular formula is C22H26N2O5. The number of hydrogen-bond donors (Lipinski definition) is 1. The molecule has 0 aromatic heterocycles. The highest BCUT2D eigenvalue weighted by atomic mass is 16.5. The van der Waals surface area contributed by atoms with Crippen LogP contribution in [-0.4, -0.2) is 46.2 Å². The van der Waals surface area contributed by atoms with Gasteiger partial charge in [0.15, 0.2) is 0 Å². The summed E-state index contributed by atoms with van der Waals surface area (Å²) in [5, 5.41) is 2.94. The molecule has 154 valence electrons. The van der Waals surface area contributed by atoms with Gasteiger partial charge in [-0.05, 0) is 30.2 Å². The van der Waals surface area contributed by atoms with Crippen LogP contribution < -0.4 is 24.4 Å². The summed E-state index contributed by atoms with van der Waals surface area (Å²) >= 11 is 0. The van der Waals surface area contributed by atoms with Crippen LogP contribution in [0.5, 0.6) is 17.2 Å². The largest absolute Gasteiger partial charge is 0.497 e. The summed E-state index contributed by atoms with van der Waals surface area (Å²) in [4.78, 5) is 26.8. The second-order valence-electron chi connectivity index (χ2n) is 6.80. The number of carbonyl (C=O) groups excluding carboxylic acids is 2. The number of amides is 2. The van der Waals surface area contributed by atoms with Crippen LogP contribution in [0.2, 0.25) is 0 Å². The van der Waals surface area contributed by atoms with Crippen molar-refractivity contribution >= 4 is 17.5 Å². The molecule has 1 aliphatic rings. The van der Waals surface area contributed by atoms with Gasteiger partial charge in [0.2, 0.25) is 11.8 Å². The Morgan fingerprint density at radius 1 is 1.07 bits per heavy atom. The highest BCUT2D eigenvalue weighted by Gasteiger charge is 2.36. The smallest absolute Gasteiger partial charge is 0.227 e. The number of ether oxygens (including phenoxy) is 3. The molecule has 7 heteroatoms. The number of para-hydroxylation sites is 1. The van der Waals surface area contributed by atoms with E-state index in [1.165, 1.54) is 0 Å². The topological polar surface area (TPSA) is 77.1 Å². The SMILES string of the molecule is COc1ccc(OC)c(N2CC(C(=O)NCCc3ccccc3OC)CC2=O)c1. The standard InChI is InChI=1S/C22H26N2O5/c1-27-17-8-9-20(29-3)18(13-17)24-14-16(12-21(24)25)22(26)23-11-10-15-6-4-5-7-19(15)28-2/h4-9,13,16H,10-12,14H2,1-3H3,(H,23,26). The number of methoxy groups -OCH3 is 3. The highest BCUT2D eigenvalue weighted by molar-refractivity contribution is 6.01. The Morgan fingerprint density at radius 3 is 2.55 bits per heavy atom. The Kier molecular flexibility index (Phi) is 6.59. The predicted molar refractivity (Wildman–Crippen MR) is 110 cm³/mol. The van der Waals surface area contributed by atoms with Crippen LogP contribution in [0.3, 0.4) is 0 Å². The summed E-state index contributed by atoms with van der Waals surface area (Å²) in [6.07, 6.45) is 0.824. The Balaban J connectivity index is 1.62. The van der Waals surface area contributed by atoms with E-state index in [9.17, 15) is 9.59 Å². The molecule has 0 aliphatic carbocycles. The maximum absolute atomic E-state index is 12.6. The molecule has 29 heavy (non-hydrogen) atoms. The van der Waals surface area contributed by atoms with Gasteiger partial charge in [-0.25, -0.2) is 0 Å². The first-order valence-electron chi connectivity index (χ1n) is 9.49. The first-order valence-corrected chi connectivity index (χ1v) is 9.49. The van der Waals surface area contributed by atoms with Crippen molar-refractivity contribution in [3.8, 4) is 17.2 Å². The molecule has 1 N–H and O–H groups in total. The van der Waals surface area contributed by atoms with Gasteiger partial charge in [0.25, 0.3) is 0 Å². The predicted octanol–water partition coefficient (Wildman–Crippen LogP) is 2.42. The van der Waals surface area contributed by atoms with Gasteiger partial charge in [0.05, 0.1) is 32.9 Å². The van der Waals surface area contributed by atoms with Gasteiger partial charge in [0, 0.05) is 25.6 Å². The number of benzene rings is 2. The lowest BCUT2D eigenvalue weighted by Gasteiger charge is -2.20. The summed E-state index contributed by atoms with van der Waals surface area (Å²) in [5.41, 5.74) is 1.64. The van der Waals surface area contributed by atoms with Crippen molar-refractivity contribution in [2.24, 2.45) is 5.92 Å². The Bertz CT molecular complexity index is 883. The van der Waals surface area contributed by atoms with Crippen LogP contribution in [0.25, 0.3) is 0 Å². The van der Waals surface area contributed by atoms with Crippen LogP contribution in [0.1, 0.15) is 12.0 Å². The lowest BCUT2D eigenvalue weighted by atomic mass is 10.1. The van der Waals surface area contributed by atoms with Crippen LogP contribution in [0, 0.1) is 5.92 Å². The molecule has 2 amide bonds. The van der Waals surface area contributed by atoms with E-state index in [2.05, 4.69) is 5.32 Å². The van der Waals surface area contributed by atoms with Gasteiger partial charge < -0.3 is 24.4 Å². The Labute approximate surface area is 170 Å². The molecule has 7 nitrogen and oxygen atoms in total. The van der Waals surface area contributed by atoms with Crippen molar-refractivity contribution in [3.63, 3.8) is 0 Å². The zero-order chi connectivity index (χ0) is 20.8. The van der Waals surface area contributed by atoms with Gasteiger partial charge in [-0.15, -0.1) is 0 Å². The maximum atomic E-state index is 12.6. The lowest BCUT2D eigenvalue weighted by Crippen LogP contribution is -2.34. The van der Waals surface area contributed by atoms with E-state index < -0.39 is 5.92 Å². The molecule has 0 spiro atoms. The van der Waals surface area contributed by atoms with Crippen molar-refractivity contribution < 1.29 is 23.8 Å². The van der Waals surface area contributed by atoms with Crippen molar-refractivity contribution in [1.82, 2.24) is 5.32 Å². The fourth-order valence-corrected chi connectivity index (χ4v) is 3.50. The molecule has 0 bridgehead atoms. The van der Waals surface area contributed by atoms with Gasteiger partial charge in [-0.2, -0.15) is 0 Å². The number of anilines is 1. The molecule has 2 aromatic carbocycles. The molecule has 1 aliphatic heterocycles. The van der Waals surface area contributed by atoms with Gasteiger partial charge in [-0.1, -0.05) is 18.2 Å². The zero-order valence-electron chi connectivity index (χ0n) is 16.9. The number of nitrogens with one attached hydrogen (secondary N) is 1. The molecule has 1 fully saturated rings. The van der Waals surface area contributed by atoms with Crippen LogP contribution in [0.15, 0.2) is 42.5 Å². The van der Waals surface area contributed by atoms with Crippen LogP contribution in [-0.2, 0) is 16.0 Å². The Hall–Kier alpha value is -3.22. The van der Waals surface area contributed by atoms with Gasteiger partial charge >= 0.3 is 0 Å².